The fourth-order valence-electron chi connectivity index (χ4n) is 1.95. The van der Waals surface area contributed by atoms with Crippen molar-refractivity contribution in [3.63, 3.8) is 0 Å². The first-order valence-corrected chi connectivity index (χ1v) is 12.1. The molecule has 25 heavy (non-hydrogen) atoms. The highest BCUT2D eigenvalue weighted by Gasteiger charge is 2.36. The van der Waals surface area contributed by atoms with E-state index >= 15 is 0 Å². The van der Waals surface area contributed by atoms with Crippen LogP contribution >= 0.6 is 41.3 Å². The van der Waals surface area contributed by atoms with Gasteiger partial charge in [0, 0.05) is 28.9 Å². The minimum absolute atomic E-state index is 0.127. The molecule has 142 valence electrons. The Bertz CT molecular complexity index is 631. The molecule has 0 aliphatic carbocycles. The van der Waals surface area contributed by atoms with E-state index in [0.29, 0.717) is 22.4 Å². The minimum Gasteiger partial charge on any atom is -0.307 e. The van der Waals surface area contributed by atoms with Gasteiger partial charge in [-0.2, -0.15) is 0 Å². The van der Waals surface area contributed by atoms with Gasteiger partial charge in [-0.15, -0.1) is 11.6 Å². The van der Waals surface area contributed by atoms with Crippen molar-refractivity contribution in [2.24, 2.45) is 5.92 Å². The van der Waals surface area contributed by atoms with Crippen LogP contribution in [0, 0.1) is 12.8 Å². The van der Waals surface area contributed by atoms with Gasteiger partial charge in [-0.1, -0.05) is 25.4 Å². The summed E-state index contributed by atoms with van der Waals surface area (Å²) in [6, 6.07) is 4.64. The number of anilines is 1. The molecule has 0 heterocycles. The summed E-state index contributed by atoms with van der Waals surface area (Å²) < 4.78 is 20.0. The molecule has 9 heteroatoms. The average Bonchev–Trinajstić information content (AvgIpc) is 2.53. The fraction of sp³-hybridized carbons (Fsp3) is 0.562. The van der Waals surface area contributed by atoms with E-state index in [4.69, 9.17) is 27.7 Å². The van der Waals surface area contributed by atoms with E-state index in [1.165, 1.54) is 16.1 Å². The highest BCUT2D eigenvalue weighted by atomic mass is 35.5. The first kappa shape index (κ1) is 22.7. The van der Waals surface area contributed by atoms with Gasteiger partial charge >= 0.3 is 12.8 Å². The van der Waals surface area contributed by atoms with E-state index in [1.54, 1.807) is 25.1 Å². The highest BCUT2D eigenvalue weighted by Crippen LogP contribution is 2.63. The lowest BCUT2D eigenvalue weighted by molar-refractivity contribution is 0.228. The van der Waals surface area contributed by atoms with Crippen molar-refractivity contribution in [3.05, 3.63) is 28.8 Å². The van der Waals surface area contributed by atoms with Crippen LogP contribution in [0.2, 0.25) is 5.02 Å². The number of benzene rings is 1. The quantitative estimate of drug-likeness (QED) is 0.374. The van der Waals surface area contributed by atoms with Gasteiger partial charge < -0.3 is 9.84 Å². The molecule has 1 aromatic carbocycles. The predicted octanol–water partition coefficient (Wildman–Crippen LogP) is 6.25. The molecule has 1 aromatic rings. The van der Waals surface area contributed by atoms with Crippen LogP contribution in [0.5, 0.6) is 0 Å². The summed E-state index contributed by atoms with van der Waals surface area (Å²) >= 11 is 13.0. The summed E-state index contributed by atoms with van der Waals surface area (Å²) in [5, 5.41) is 3.36. The number of amides is 2. The fourth-order valence-corrected chi connectivity index (χ4v) is 7.13. The lowest BCUT2D eigenvalue weighted by atomic mass is 10.2. The zero-order valence-electron chi connectivity index (χ0n) is 14.9. The minimum atomic E-state index is -3.39. The lowest BCUT2D eigenvalue weighted by Crippen LogP contribution is -2.34. The summed E-state index contributed by atoms with van der Waals surface area (Å²) in [6.45, 7) is 4.61. The molecule has 0 radical (unpaired) electrons. The monoisotopic (exact) mass is 426 g/mol. The zero-order chi connectivity index (χ0) is 19.0. The number of alkyl halides is 1. The first-order chi connectivity index (χ1) is 11.7. The molecule has 0 saturated carbocycles. The molecule has 0 aromatic heterocycles. The summed E-state index contributed by atoms with van der Waals surface area (Å²) in [5.41, 5.74) is 1.42. The summed E-state index contributed by atoms with van der Waals surface area (Å²) in [5.74, 6) is 1.09. The maximum atomic E-state index is 13.3. The van der Waals surface area contributed by atoms with E-state index in [2.05, 4.69) is 5.32 Å². The maximum absolute atomic E-state index is 13.3. The normalized spacial score (nSPS) is 13.6. The van der Waals surface area contributed by atoms with Crippen LogP contribution < -0.4 is 5.32 Å². The molecule has 5 nitrogen and oxygen atoms in total. The van der Waals surface area contributed by atoms with Gasteiger partial charge in [0.2, 0.25) is 0 Å². The Balaban J connectivity index is 3.04. The Morgan fingerprint density at radius 2 is 2.12 bits per heavy atom. The molecule has 0 fully saturated rings. The van der Waals surface area contributed by atoms with Crippen molar-refractivity contribution in [3.8, 4) is 0 Å². The molecule has 0 aliphatic rings. The molecule has 1 N–H and O–H groups in total. The first-order valence-electron chi connectivity index (χ1n) is 8.03. The molecule has 1 atom stereocenters. The molecular formula is C16H25Cl2N2O3PS. The van der Waals surface area contributed by atoms with Gasteiger partial charge in [-0.05, 0) is 54.9 Å². The molecule has 2 amide bonds. The van der Waals surface area contributed by atoms with E-state index in [-0.39, 0.29) is 19.0 Å². The van der Waals surface area contributed by atoms with Crippen LogP contribution in [-0.4, -0.2) is 35.5 Å². The smallest absolute Gasteiger partial charge is 0.307 e. The number of carbonyl (C=O) groups is 1. The summed E-state index contributed by atoms with van der Waals surface area (Å²) in [7, 11) is 0. The zero-order valence-corrected chi connectivity index (χ0v) is 18.1. The standard InChI is InChI=1S/C16H25Cl2N2O3PS/c1-5-23-24(22,25-11-12(2)3)20(9-8-17)16(21)19-15-7-6-14(18)10-13(15)4/h6-7,10,12H,5,8-9,11H2,1-4H3,(H,19,21). The van der Waals surface area contributed by atoms with E-state index in [0.717, 1.165) is 5.56 Å². The molecule has 0 aliphatic heterocycles. The number of aryl methyl sites for hydroxylation is 1. The number of nitrogens with one attached hydrogen (secondary N) is 1. The molecule has 1 unspecified atom stereocenters. The summed E-state index contributed by atoms with van der Waals surface area (Å²) in [6.07, 6.45) is 0. The van der Waals surface area contributed by atoms with Crippen molar-refractivity contribution >= 4 is 53.0 Å². The Morgan fingerprint density at radius 1 is 1.44 bits per heavy atom. The number of hydrogen-bond acceptors (Lipinski definition) is 4. The average molecular weight is 427 g/mol. The Labute approximate surface area is 164 Å². The van der Waals surface area contributed by atoms with Crippen molar-refractivity contribution in [1.29, 1.82) is 0 Å². The van der Waals surface area contributed by atoms with Gasteiger partial charge in [0.05, 0.1) is 6.61 Å². The highest BCUT2D eigenvalue weighted by molar-refractivity contribution is 8.56. The molecule has 0 saturated heterocycles. The van der Waals surface area contributed by atoms with Crippen molar-refractivity contribution in [2.75, 3.05) is 30.1 Å². The molecule has 0 bridgehead atoms. The van der Waals surface area contributed by atoms with Gasteiger partial charge in [0.1, 0.15) is 0 Å². The second-order valence-electron chi connectivity index (χ2n) is 5.78. The third kappa shape index (κ3) is 7.03. The lowest BCUT2D eigenvalue weighted by Gasteiger charge is -2.30. The number of nitrogens with zero attached hydrogens (tertiary/aromatic N) is 1. The molecular weight excluding hydrogens is 402 g/mol. The van der Waals surface area contributed by atoms with Crippen LogP contribution in [0.25, 0.3) is 0 Å². The van der Waals surface area contributed by atoms with E-state index < -0.39 is 12.8 Å². The largest absolute Gasteiger partial charge is 0.357 e. The Hall–Kier alpha value is -0.390. The number of hydrogen-bond donors (Lipinski definition) is 1. The maximum Gasteiger partial charge on any atom is 0.357 e. The van der Waals surface area contributed by atoms with Crippen LogP contribution in [0.3, 0.4) is 0 Å². The Kier molecular flexibility index (Phi) is 9.68. The Morgan fingerprint density at radius 3 is 2.64 bits per heavy atom. The van der Waals surface area contributed by atoms with Gasteiger partial charge in [0.15, 0.2) is 0 Å². The van der Waals surface area contributed by atoms with Gasteiger partial charge in [-0.3, -0.25) is 4.57 Å². The number of rotatable bonds is 9. The van der Waals surface area contributed by atoms with Crippen molar-refractivity contribution < 1.29 is 13.9 Å². The van der Waals surface area contributed by atoms with Crippen molar-refractivity contribution in [2.45, 2.75) is 27.7 Å². The van der Waals surface area contributed by atoms with Crippen LogP contribution in [0.15, 0.2) is 18.2 Å². The molecule has 1 rings (SSSR count). The second-order valence-corrected chi connectivity index (χ2v) is 11.0. The van der Waals surface area contributed by atoms with E-state index in [1.807, 2.05) is 20.8 Å². The van der Waals surface area contributed by atoms with E-state index in [9.17, 15) is 9.36 Å². The van der Waals surface area contributed by atoms with Gasteiger partial charge in [-0.25, -0.2) is 9.46 Å². The van der Waals surface area contributed by atoms with Crippen molar-refractivity contribution in [1.82, 2.24) is 4.67 Å². The van der Waals surface area contributed by atoms with Crippen LogP contribution in [-0.2, 0) is 9.09 Å². The van der Waals surface area contributed by atoms with Gasteiger partial charge in [0.25, 0.3) is 0 Å². The number of halogens is 2. The summed E-state index contributed by atoms with van der Waals surface area (Å²) in [4.78, 5) is 12.8. The third-order valence-electron chi connectivity index (χ3n) is 3.12. The predicted molar refractivity (Wildman–Crippen MR) is 109 cm³/mol. The van der Waals surface area contributed by atoms with Crippen LogP contribution in [0.4, 0.5) is 10.5 Å². The second kappa shape index (κ2) is 10.7. The third-order valence-corrected chi connectivity index (χ3v) is 8.56. The number of carbonyl (C=O) groups excluding carboxylic acids is 1. The number of urea groups is 1. The van der Waals surface area contributed by atoms with Crippen LogP contribution in [0.1, 0.15) is 26.3 Å². The topological polar surface area (TPSA) is 58.6 Å². The SMILES string of the molecule is CCOP(=O)(SCC(C)C)N(CCCl)C(=O)Nc1ccc(Cl)cc1C. The molecule has 0 spiro atoms.